The molecule has 30 heavy (non-hydrogen) atoms. The summed E-state index contributed by atoms with van der Waals surface area (Å²) < 4.78 is 11.4. The van der Waals surface area contributed by atoms with Gasteiger partial charge in [-0.1, -0.05) is 29.8 Å². The average Bonchev–Trinajstić information content (AvgIpc) is 3.63. The molecule has 1 atom stereocenters. The van der Waals surface area contributed by atoms with Crippen LogP contribution in [0.3, 0.4) is 0 Å². The van der Waals surface area contributed by atoms with Gasteiger partial charge in [-0.25, -0.2) is 4.79 Å². The third-order valence-electron chi connectivity index (χ3n) is 6.06. The normalized spacial score (nSPS) is 19.4. The maximum atomic E-state index is 13.0. The second kappa shape index (κ2) is 8.26. The summed E-state index contributed by atoms with van der Waals surface area (Å²) in [5.74, 6) is 2.04. The molecule has 2 aliphatic heterocycles. The Morgan fingerprint density at radius 2 is 1.73 bits per heavy atom. The predicted octanol–water partition coefficient (Wildman–Crippen LogP) is 4.09. The molecule has 1 aliphatic carbocycles. The monoisotopic (exact) mass is 427 g/mol. The van der Waals surface area contributed by atoms with Crippen LogP contribution in [0.5, 0.6) is 11.5 Å². The molecule has 7 heteroatoms. The molecule has 1 saturated heterocycles. The number of carbonyl (C=O) groups is 1. The SMILES string of the molecule is O=C(NC(c1ccc2c(c1)OCCO2)C1CC1)N1CCN(c2ccccc2Cl)CC1. The number of urea groups is 1. The molecule has 0 bridgehead atoms. The van der Waals surface area contributed by atoms with Crippen LogP contribution in [0.4, 0.5) is 10.5 Å². The van der Waals surface area contributed by atoms with E-state index in [1.54, 1.807) is 0 Å². The van der Waals surface area contributed by atoms with E-state index in [1.807, 2.05) is 47.4 Å². The van der Waals surface area contributed by atoms with Gasteiger partial charge < -0.3 is 24.6 Å². The molecule has 5 rings (SSSR count). The summed E-state index contributed by atoms with van der Waals surface area (Å²) in [4.78, 5) is 17.2. The maximum absolute atomic E-state index is 13.0. The molecule has 1 saturated carbocycles. The first-order valence-electron chi connectivity index (χ1n) is 10.6. The minimum absolute atomic E-state index is 0.000553. The number of rotatable bonds is 4. The van der Waals surface area contributed by atoms with Crippen molar-refractivity contribution in [2.24, 2.45) is 5.92 Å². The van der Waals surface area contributed by atoms with Crippen LogP contribution in [0.25, 0.3) is 0 Å². The second-order valence-electron chi connectivity index (χ2n) is 8.09. The Kier molecular flexibility index (Phi) is 5.34. The lowest BCUT2D eigenvalue weighted by molar-refractivity contribution is 0.171. The summed E-state index contributed by atoms with van der Waals surface area (Å²) in [7, 11) is 0. The van der Waals surface area contributed by atoms with Gasteiger partial charge in [0.15, 0.2) is 11.5 Å². The number of hydrogen-bond donors (Lipinski definition) is 1. The van der Waals surface area contributed by atoms with Gasteiger partial charge in [-0.05, 0) is 48.6 Å². The second-order valence-corrected chi connectivity index (χ2v) is 8.50. The molecule has 2 aromatic rings. The quantitative estimate of drug-likeness (QED) is 0.798. The van der Waals surface area contributed by atoms with Crippen molar-refractivity contribution in [2.75, 3.05) is 44.3 Å². The Labute approximate surface area is 181 Å². The van der Waals surface area contributed by atoms with E-state index in [0.29, 0.717) is 32.2 Å². The number of amides is 2. The number of benzene rings is 2. The van der Waals surface area contributed by atoms with E-state index in [1.165, 1.54) is 0 Å². The van der Waals surface area contributed by atoms with Crippen molar-refractivity contribution >= 4 is 23.3 Å². The highest BCUT2D eigenvalue weighted by molar-refractivity contribution is 6.33. The van der Waals surface area contributed by atoms with Gasteiger partial charge in [0.05, 0.1) is 16.8 Å². The average molecular weight is 428 g/mol. The van der Waals surface area contributed by atoms with Crippen molar-refractivity contribution in [3.05, 3.63) is 53.1 Å². The topological polar surface area (TPSA) is 54.0 Å². The van der Waals surface area contributed by atoms with Crippen molar-refractivity contribution in [1.82, 2.24) is 10.2 Å². The number of fused-ring (bicyclic) bond motifs is 1. The Morgan fingerprint density at radius 1 is 1.00 bits per heavy atom. The lowest BCUT2D eigenvalue weighted by Crippen LogP contribution is -2.52. The molecule has 0 radical (unpaired) electrons. The highest BCUT2D eigenvalue weighted by Gasteiger charge is 2.35. The fraction of sp³-hybridized carbons (Fsp3) is 0.435. The van der Waals surface area contributed by atoms with E-state index in [2.05, 4.69) is 10.2 Å². The first-order valence-corrected chi connectivity index (χ1v) is 11.0. The van der Waals surface area contributed by atoms with Crippen LogP contribution in [0.1, 0.15) is 24.4 Å². The predicted molar refractivity (Wildman–Crippen MR) is 117 cm³/mol. The van der Waals surface area contributed by atoms with Gasteiger partial charge in [0.2, 0.25) is 0 Å². The van der Waals surface area contributed by atoms with Crippen LogP contribution in [0, 0.1) is 5.92 Å². The van der Waals surface area contributed by atoms with E-state index in [4.69, 9.17) is 21.1 Å². The maximum Gasteiger partial charge on any atom is 0.318 e. The van der Waals surface area contributed by atoms with Crippen molar-refractivity contribution < 1.29 is 14.3 Å². The molecule has 2 amide bonds. The number of halogens is 1. The van der Waals surface area contributed by atoms with Crippen molar-refractivity contribution in [3.8, 4) is 11.5 Å². The van der Waals surface area contributed by atoms with Crippen molar-refractivity contribution in [3.63, 3.8) is 0 Å². The number of nitrogens with zero attached hydrogens (tertiary/aromatic N) is 2. The molecule has 1 unspecified atom stereocenters. The van der Waals surface area contributed by atoms with E-state index in [0.717, 1.165) is 53.7 Å². The molecular formula is C23H26ClN3O3. The Bertz CT molecular complexity index is 926. The zero-order valence-corrected chi connectivity index (χ0v) is 17.6. The molecule has 1 N–H and O–H groups in total. The molecule has 2 aromatic carbocycles. The first kappa shape index (κ1) is 19.4. The summed E-state index contributed by atoms with van der Waals surface area (Å²) >= 11 is 6.33. The zero-order valence-electron chi connectivity index (χ0n) is 16.9. The van der Waals surface area contributed by atoms with Crippen LogP contribution in [0.15, 0.2) is 42.5 Å². The summed E-state index contributed by atoms with van der Waals surface area (Å²) in [6.07, 6.45) is 2.28. The van der Waals surface area contributed by atoms with Gasteiger partial charge in [-0.2, -0.15) is 0 Å². The fourth-order valence-electron chi connectivity index (χ4n) is 4.24. The summed E-state index contributed by atoms with van der Waals surface area (Å²) in [5.41, 5.74) is 2.12. The van der Waals surface area contributed by atoms with Crippen LogP contribution < -0.4 is 19.7 Å². The number of carbonyl (C=O) groups excluding carboxylic acids is 1. The van der Waals surface area contributed by atoms with Crippen molar-refractivity contribution in [1.29, 1.82) is 0 Å². The Hall–Kier alpha value is -2.60. The van der Waals surface area contributed by atoms with E-state index >= 15 is 0 Å². The number of ether oxygens (including phenoxy) is 2. The largest absolute Gasteiger partial charge is 0.486 e. The molecule has 158 valence electrons. The molecule has 2 fully saturated rings. The fourth-order valence-corrected chi connectivity index (χ4v) is 4.49. The molecule has 6 nitrogen and oxygen atoms in total. The Morgan fingerprint density at radius 3 is 2.47 bits per heavy atom. The van der Waals surface area contributed by atoms with Crippen LogP contribution in [0.2, 0.25) is 5.02 Å². The minimum atomic E-state index is 0.000553. The van der Waals surface area contributed by atoms with Gasteiger partial charge >= 0.3 is 6.03 Å². The van der Waals surface area contributed by atoms with Gasteiger partial charge in [-0.15, -0.1) is 0 Å². The van der Waals surface area contributed by atoms with Gasteiger partial charge in [0.25, 0.3) is 0 Å². The van der Waals surface area contributed by atoms with E-state index in [-0.39, 0.29) is 12.1 Å². The highest BCUT2D eigenvalue weighted by Crippen LogP contribution is 2.43. The van der Waals surface area contributed by atoms with Crippen molar-refractivity contribution in [2.45, 2.75) is 18.9 Å². The van der Waals surface area contributed by atoms with Gasteiger partial charge in [0, 0.05) is 26.2 Å². The lowest BCUT2D eigenvalue weighted by Gasteiger charge is -2.37. The summed E-state index contributed by atoms with van der Waals surface area (Å²) in [6, 6.07) is 13.9. The zero-order chi connectivity index (χ0) is 20.5. The summed E-state index contributed by atoms with van der Waals surface area (Å²) in [6.45, 7) is 4.04. The minimum Gasteiger partial charge on any atom is -0.486 e. The third kappa shape index (κ3) is 4.01. The molecule has 3 aliphatic rings. The Balaban J connectivity index is 1.24. The van der Waals surface area contributed by atoms with E-state index < -0.39 is 0 Å². The number of para-hydroxylation sites is 1. The molecule has 0 aromatic heterocycles. The third-order valence-corrected chi connectivity index (χ3v) is 6.38. The standard InChI is InChI=1S/C23H26ClN3O3/c24-18-3-1-2-4-19(18)26-9-11-27(12-10-26)23(28)25-22(16-5-6-16)17-7-8-20-21(15-17)30-14-13-29-20/h1-4,7-8,15-16,22H,5-6,9-14H2,(H,25,28). The van der Waals surface area contributed by atoms with E-state index in [9.17, 15) is 4.79 Å². The summed E-state index contributed by atoms with van der Waals surface area (Å²) in [5, 5.41) is 4.04. The van der Waals surface area contributed by atoms with Crippen LogP contribution >= 0.6 is 11.6 Å². The molecule has 0 spiro atoms. The first-order chi connectivity index (χ1) is 14.7. The number of hydrogen-bond acceptors (Lipinski definition) is 4. The smallest absolute Gasteiger partial charge is 0.318 e. The van der Waals surface area contributed by atoms with Gasteiger partial charge in [0.1, 0.15) is 13.2 Å². The number of nitrogens with one attached hydrogen (secondary N) is 1. The number of piperazine rings is 1. The lowest BCUT2D eigenvalue weighted by atomic mass is 10.0. The van der Waals surface area contributed by atoms with Gasteiger partial charge in [-0.3, -0.25) is 0 Å². The van der Waals surface area contributed by atoms with Crippen LogP contribution in [-0.2, 0) is 0 Å². The number of anilines is 1. The highest BCUT2D eigenvalue weighted by atomic mass is 35.5. The van der Waals surface area contributed by atoms with Crippen LogP contribution in [-0.4, -0.2) is 50.3 Å². The molecule has 2 heterocycles. The molecular weight excluding hydrogens is 402 g/mol.